The van der Waals surface area contributed by atoms with Gasteiger partial charge in [-0.25, -0.2) is 9.37 Å². The number of hydrogen-bond donors (Lipinski definition) is 1. The minimum absolute atomic E-state index is 0.243. The van der Waals surface area contributed by atoms with Gasteiger partial charge in [-0.2, -0.15) is 0 Å². The summed E-state index contributed by atoms with van der Waals surface area (Å²) in [5.74, 6) is 1.63. The highest BCUT2D eigenvalue weighted by atomic mass is 32.2. The summed E-state index contributed by atoms with van der Waals surface area (Å²) in [7, 11) is 0. The van der Waals surface area contributed by atoms with Crippen LogP contribution in [0.1, 0.15) is 5.89 Å². The quantitative estimate of drug-likeness (QED) is 0.722. The molecule has 2 aromatic carbocycles. The summed E-state index contributed by atoms with van der Waals surface area (Å²) in [6.45, 7) is 0. The third-order valence-electron chi connectivity index (χ3n) is 2.90. The number of rotatable bonds is 4. The van der Waals surface area contributed by atoms with Crippen LogP contribution in [0, 0.1) is 5.82 Å². The first-order chi connectivity index (χ1) is 10.2. The highest BCUT2D eigenvalue weighted by Gasteiger charge is 2.08. The highest BCUT2D eigenvalue weighted by Crippen LogP contribution is 2.31. The summed E-state index contributed by atoms with van der Waals surface area (Å²) in [5.41, 5.74) is 0.780. The Morgan fingerprint density at radius 1 is 1.10 bits per heavy atom. The fourth-order valence-electron chi connectivity index (χ4n) is 1.84. The molecule has 0 fully saturated rings. The number of phenolic OH excluding ortho intramolecular Hbond substituents is 1. The maximum Gasteiger partial charge on any atom is 0.205 e. The number of aromatic hydroxyl groups is 1. The number of hydrogen-bond acceptors (Lipinski definition) is 4. The molecule has 0 unspecified atom stereocenters. The lowest BCUT2D eigenvalue weighted by Gasteiger charge is -2.01. The molecule has 106 valence electrons. The molecule has 0 radical (unpaired) electrons. The summed E-state index contributed by atoms with van der Waals surface area (Å²) in [4.78, 5) is 4.97. The molecule has 3 nitrogen and oxygen atoms in total. The van der Waals surface area contributed by atoms with Gasteiger partial charge >= 0.3 is 0 Å². The molecule has 1 aromatic heterocycles. The van der Waals surface area contributed by atoms with Gasteiger partial charge in [-0.05, 0) is 36.4 Å². The molecule has 0 aliphatic heterocycles. The van der Waals surface area contributed by atoms with Crippen LogP contribution in [0.2, 0.25) is 0 Å². The molecule has 5 heteroatoms. The predicted molar refractivity (Wildman–Crippen MR) is 79.6 cm³/mol. The minimum atomic E-state index is -0.284. The maximum absolute atomic E-state index is 12.9. The molecule has 0 saturated carbocycles. The minimum Gasteiger partial charge on any atom is -0.507 e. The Hall–Kier alpha value is -2.27. The number of phenols is 1. The van der Waals surface area contributed by atoms with E-state index in [9.17, 15) is 9.50 Å². The van der Waals surface area contributed by atoms with E-state index >= 15 is 0 Å². The molecule has 0 saturated heterocycles. The molecular formula is C16H12FNO2S. The first-order valence-corrected chi connectivity index (χ1v) is 7.32. The van der Waals surface area contributed by atoms with Gasteiger partial charge in [0.2, 0.25) is 5.89 Å². The molecule has 0 amide bonds. The van der Waals surface area contributed by atoms with Crippen LogP contribution < -0.4 is 0 Å². The number of oxazole rings is 1. The van der Waals surface area contributed by atoms with Crippen molar-refractivity contribution in [2.24, 2.45) is 0 Å². The summed E-state index contributed by atoms with van der Waals surface area (Å²) < 4.78 is 18.5. The Bertz CT molecular complexity index is 740. The molecule has 1 N–H and O–H groups in total. The third-order valence-corrected chi connectivity index (χ3v) is 3.95. The zero-order chi connectivity index (χ0) is 14.7. The van der Waals surface area contributed by atoms with Crippen molar-refractivity contribution in [3.05, 3.63) is 66.4 Å². The smallest absolute Gasteiger partial charge is 0.205 e. The molecule has 0 aliphatic carbocycles. The van der Waals surface area contributed by atoms with E-state index in [0.29, 0.717) is 17.4 Å². The van der Waals surface area contributed by atoms with E-state index in [1.165, 1.54) is 23.9 Å². The van der Waals surface area contributed by atoms with Crippen molar-refractivity contribution < 1.29 is 13.9 Å². The van der Waals surface area contributed by atoms with Crippen molar-refractivity contribution in [3.63, 3.8) is 0 Å². The van der Waals surface area contributed by atoms with Crippen LogP contribution >= 0.6 is 11.8 Å². The van der Waals surface area contributed by atoms with Crippen molar-refractivity contribution in [2.75, 3.05) is 0 Å². The standard InChI is InChI=1S/C16H12FNO2S/c17-12-7-5-11(6-8-12)14-9-18-16(20-14)10-21-15-4-2-1-3-13(15)19/h1-9,19H,10H2. The van der Waals surface area contributed by atoms with Crippen molar-refractivity contribution in [1.82, 2.24) is 4.98 Å². The second kappa shape index (κ2) is 6.01. The van der Waals surface area contributed by atoms with Gasteiger partial charge in [0, 0.05) is 10.5 Å². The zero-order valence-corrected chi connectivity index (χ0v) is 11.8. The van der Waals surface area contributed by atoms with E-state index in [0.717, 1.165) is 10.5 Å². The number of aromatic nitrogens is 1. The first-order valence-electron chi connectivity index (χ1n) is 6.34. The molecule has 0 aliphatic rings. The van der Waals surface area contributed by atoms with Gasteiger partial charge in [-0.1, -0.05) is 12.1 Å². The number of halogens is 1. The molecule has 3 aromatic rings. The Balaban J connectivity index is 1.71. The van der Waals surface area contributed by atoms with Gasteiger partial charge in [0.25, 0.3) is 0 Å². The van der Waals surface area contributed by atoms with Crippen molar-refractivity contribution in [1.29, 1.82) is 0 Å². The molecule has 0 atom stereocenters. The largest absolute Gasteiger partial charge is 0.507 e. The number of para-hydroxylation sites is 1. The Morgan fingerprint density at radius 2 is 1.86 bits per heavy atom. The Kier molecular flexibility index (Phi) is 3.92. The fourth-order valence-corrected chi connectivity index (χ4v) is 2.65. The number of thioether (sulfide) groups is 1. The van der Waals surface area contributed by atoms with Crippen LogP contribution in [-0.4, -0.2) is 10.1 Å². The van der Waals surface area contributed by atoms with Gasteiger partial charge < -0.3 is 9.52 Å². The summed E-state index contributed by atoms with van der Waals surface area (Å²) in [5, 5.41) is 9.69. The average Bonchev–Trinajstić information content (AvgIpc) is 2.96. The lowest BCUT2D eigenvalue weighted by Crippen LogP contribution is -1.80. The van der Waals surface area contributed by atoms with Crippen LogP contribution in [-0.2, 0) is 5.75 Å². The second-order valence-electron chi connectivity index (χ2n) is 4.38. The molecule has 21 heavy (non-hydrogen) atoms. The SMILES string of the molecule is Oc1ccccc1SCc1ncc(-c2ccc(F)cc2)o1. The monoisotopic (exact) mass is 301 g/mol. The summed E-state index contributed by atoms with van der Waals surface area (Å²) in [6, 6.07) is 13.2. The van der Waals surface area contributed by atoms with Crippen LogP contribution in [0.25, 0.3) is 11.3 Å². The van der Waals surface area contributed by atoms with E-state index in [-0.39, 0.29) is 11.6 Å². The first kappa shape index (κ1) is 13.7. The Labute approximate surface area is 125 Å². The van der Waals surface area contributed by atoms with Crippen LogP contribution in [0.3, 0.4) is 0 Å². The third kappa shape index (κ3) is 3.25. The molecule has 1 heterocycles. The van der Waals surface area contributed by atoms with E-state index in [4.69, 9.17) is 4.42 Å². The molecule has 0 bridgehead atoms. The fraction of sp³-hybridized carbons (Fsp3) is 0.0625. The van der Waals surface area contributed by atoms with E-state index in [2.05, 4.69) is 4.98 Å². The Morgan fingerprint density at radius 3 is 2.62 bits per heavy atom. The van der Waals surface area contributed by atoms with Gasteiger partial charge in [-0.15, -0.1) is 11.8 Å². The molecule has 3 rings (SSSR count). The van der Waals surface area contributed by atoms with Crippen LogP contribution in [0.15, 0.2) is 64.0 Å². The molecule has 0 spiro atoms. The van der Waals surface area contributed by atoms with Gasteiger partial charge in [-0.3, -0.25) is 0 Å². The van der Waals surface area contributed by atoms with Crippen LogP contribution in [0.5, 0.6) is 5.75 Å². The zero-order valence-electron chi connectivity index (χ0n) is 11.0. The van der Waals surface area contributed by atoms with Gasteiger partial charge in [0.1, 0.15) is 11.6 Å². The summed E-state index contributed by atoms with van der Waals surface area (Å²) in [6.07, 6.45) is 1.62. The predicted octanol–water partition coefficient (Wildman–Crippen LogP) is 4.48. The number of benzene rings is 2. The highest BCUT2D eigenvalue weighted by molar-refractivity contribution is 7.98. The lowest BCUT2D eigenvalue weighted by atomic mass is 10.2. The van der Waals surface area contributed by atoms with Crippen molar-refractivity contribution in [2.45, 2.75) is 10.6 Å². The van der Waals surface area contributed by atoms with Crippen LogP contribution in [0.4, 0.5) is 4.39 Å². The van der Waals surface area contributed by atoms with E-state index < -0.39 is 0 Å². The average molecular weight is 301 g/mol. The summed E-state index contributed by atoms with van der Waals surface area (Å²) >= 11 is 1.44. The van der Waals surface area contributed by atoms with E-state index in [1.54, 1.807) is 30.5 Å². The topological polar surface area (TPSA) is 46.3 Å². The second-order valence-corrected chi connectivity index (χ2v) is 5.40. The van der Waals surface area contributed by atoms with Crippen molar-refractivity contribution >= 4 is 11.8 Å². The van der Waals surface area contributed by atoms with Gasteiger partial charge in [0.05, 0.1) is 11.9 Å². The van der Waals surface area contributed by atoms with Gasteiger partial charge in [0.15, 0.2) is 5.76 Å². The lowest BCUT2D eigenvalue weighted by molar-refractivity contribution is 0.462. The van der Waals surface area contributed by atoms with Crippen molar-refractivity contribution in [3.8, 4) is 17.1 Å². The normalized spacial score (nSPS) is 10.7. The molecular weight excluding hydrogens is 289 g/mol. The maximum atomic E-state index is 12.9. The van der Waals surface area contributed by atoms with E-state index in [1.807, 2.05) is 12.1 Å². The number of nitrogens with zero attached hydrogens (tertiary/aromatic N) is 1.